The standard InChI is InChI=1S/C21H22F3N5O2/c1-4-29(14(2)13-31-19-6-5-15(11-26-19)21(22,23)24)20(30)16-7-9-25-12-17(16)18-8-10-28(3)27-18/h5-12,14H,4,13H2,1-3H3/t14-/m0/s1. The average Bonchev–Trinajstić information content (AvgIpc) is 3.18. The lowest BCUT2D eigenvalue weighted by molar-refractivity contribution is -0.137. The topological polar surface area (TPSA) is 73.1 Å². The van der Waals surface area contributed by atoms with Crippen molar-refractivity contribution in [3.63, 3.8) is 0 Å². The van der Waals surface area contributed by atoms with Crippen molar-refractivity contribution in [1.82, 2.24) is 24.6 Å². The van der Waals surface area contributed by atoms with E-state index in [9.17, 15) is 18.0 Å². The highest BCUT2D eigenvalue weighted by Gasteiger charge is 2.31. The maximum Gasteiger partial charge on any atom is 0.417 e. The predicted molar refractivity (Wildman–Crippen MR) is 107 cm³/mol. The molecular weight excluding hydrogens is 411 g/mol. The summed E-state index contributed by atoms with van der Waals surface area (Å²) < 4.78 is 45.1. The van der Waals surface area contributed by atoms with Crippen LogP contribution >= 0.6 is 0 Å². The van der Waals surface area contributed by atoms with Crippen LogP contribution in [0.5, 0.6) is 5.88 Å². The minimum absolute atomic E-state index is 0.0569. The van der Waals surface area contributed by atoms with Gasteiger partial charge in [-0.1, -0.05) is 0 Å². The number of ether oxygens (including phenoxy) is 1. The Balaban J connectivity index is 1.72. The molecule has 0 fully saturated rings. The highest BCUT2D eigenvalue weighted by Crippen LogP contribution is 2.29. The van der Waals surface area contributed by atoms with Crippen LogP contribution in [0.15, 0.2) is 49.1 Å². The Hall–Kier alpha value is -3.43. The van der Waals surface area contributed by atoms with Crippen molar-refractivity contribution in [2.24, 2.45) is 7.05 Å². The van der Waals surface area contributed by atoms with Gasteiger partial charge in [0.2, 0.25) is 5.88 Å². The van der Waals surface area contributed by atoms with Crippen LogP contribution in [0.4, 0.5) is 13.2 Å². The van der Waals surface area contributed by atoms with Crippen LogP contribution in [0.1, 0.15) is 29.8 Å². The lowest BCUT2D eigenvalue weighted by atomic mass is 10.1. The zero-order valence-corrected chi connectivity index (χ0v) is 17.3. The van der Waals surface area contributed by atoms with Gasteiger partial charge in [-0.25, -0.2) is 4.98 Å². The number of likely N-dealkylation sites (N-methyl/N-ethyl adjacent to an activating group) is 1. The molecule has 31 heavy (non-hydrogen) atoms. The van der Waals surface area contributed by atoms with Crippen molar-refractivity contribution in [3.05, 3.63) is 60.2 Å². The van der Waals surface area contributed by atoms with Crippen LogP contribution in [0.25, 0.3) is 11.3 Å². The highest BCUT2D eigenvalue weighted by atomic mass is 19.4. The number of pyridine rings is 2. The van der Waals surface area contributed by atoms with E-state index < -0.39 is 11.7 Å². The van der Waals surface area contributed by atoms with Crippen LogP contribution in [0.2, 0.25) is 0 Å². The smallest absolute Gasteiger partial charge is 0.417 e. The molecule has 0 saturated carbocycles. The van der Waals surface area contributed by atoms with Crippen molar-refractivity contribution in [2.75, 3.05) is 13.2 Å². The number of halogens is 3. The molecule has 0 unspecified atom stereocenters. The molecule has 10 heteroatoms. The van der Waals surface area contributed by atoms with Gasteiger partial charge in [0.1, 0.15) is 6.61 Å². The number of aromatic nitrogens is 4. The van der Waals surface area contributed by atoms with Gasteiger partial charge in [0, 0.05) is 50.0 Å². The third kappa shape index (κ3) is 5.19. The molecule has 0 aliphatic rings. The number of rotatable bonds is 7. The molecule has 3 heterocycles. The monoisotopic (exact) mass is 433 g/mol. The molecule has 3 aromatic heterocycles. The van der Waals surface area contributed by atoms with Crippen LogP contribution in [-0.4, -0.2) is 49.7 Å². The summed E-state index contributed by atoms with van der Waals surface area (Å²) in [6.45, 7) is 4.12. The first kappa shape index (κ1) is 22.3. The molecule has 0 aliphatic heterocycles. The summed E-state index contributed by atoms with van der Waals surface area (Å²) in [5.41, 5.74) is 0.852. The minimum atomic E-state index is -4.46. The van der Waals surface area contributed by atoms with Gasteiger partial charge in [0.25, 0.3) is 5.91 Å². The number of hydrogen-bond acceptors (Lipinski definition) is 5. The Bertz CT molecular complexity index is 1030. The van der Waals surface area contributed by atoms with E-state index in [1.165, 1.54) is 0 Å². The number of aryl methyl sites for hydroxylation is 1. The number of alkyl halides is 3. The van der Waals surface area contributed by atoms with E-state index in [2.05, 4.69) is 15.1 Å². The molecule has 0 N–H and O–H groups in total. The molecule has 7 nitrogen and oxygen atoms in total. The first-order chi connectivity index (χ1) is 14.7. The van der Waals surface area contributed by atoms with Gasteiger partial charge in [-0.15, -0.1) is 0 Å². The number of amides is 1. The summed E-state index contributed by atoms with van der Waals surface area (Å²) in [6, 6.07) is 5.15. The summed E-state index contributed by atoms with van der Waals surface area (Å²) in [7, 11) is 1.79. The van der Waals surface area contributed by atoms with Crippen molar-refractivity contribution in [3.8, 4) is 17.1 Å². The van der Waals surface area contributed by atoms with Gasteiger partial charge in [-0.3, -0.25) is 14.5 Å². The summed E-state index contributed by atoms with van der Waals surface area (Å²) in [5, 5.41) is 4.35. The van der Waals surface area contributed by atoms with Crippen molar-refractivity contribution < 1.29 is 22.7 Å². The van der Waals surface area contributed by atoms with Gasteiger partial charge in [-0.2, -0.15) is 18.3 Å². The third-order valence-electron chi connectivity index (χ3n) is 4.71. The molecule has 1 amide bonds. The highest BCUT2D eigenvalue weighted by molar-refractivity contribution is 6.00. The summed E-state index contributed by atoms with van der Waals surface area (Å²) in [6.07, 6.45) is 1.18. The summed E-state index contributed by atoms with van der Waals surface area (Å²) in [5.74, 6) is -0.163. The quantitative estimate of drug-likeness (QED) is 0.566. The SMILES string of the molecule is CCN(C(=O)c1ccncc1-c1ccn(C)n1)[C@@H](C)COc1ccc(C(F)(F)F)cn1. The van der Waals surface area contributed by atoms with E-state index in [1.807, 2.05) is 6.92 Å². The normalized spacial score (nSPS) is 12.5. The van der Waals surface area contributed by atoms with Crippen LogP contribution in [0.3, 0.4) is 0 Å². The number of hydrogen-bond donors (Lipinski definition) is 0. The second-order valence-corrected chi connectivity index (χ2v) is 6.93. The second kappa shape index (κ2) is 9.15. The minimum Gasteiger partial charge on any atom is -0.475 e. The molecule has 0 spiro atoms. The number of carbonyl (C=O) groups excluding carboxylic acids is 1. The fourth-order valence-electron chi connectivity index (χ4n) is 3.08. The molecule has 1 atom stereocenters. The van der Waals surface area contributed by atoms with Gasteiger partial charge >= 0.3 is 6.18 Å². The van der Waals surface area contributed by atoms with E-state index in [1.54, 1.807) is 54.3 Å². The van der Waals surface area contributed by atoms with Gasteiger partial charge in [0.05, 0.1) is 22.9 Å². The van der Waals surface area contributed by atoms with Gasteiger partial charge < -0.3 is 9.64 Å². The fraction of sp³-hybridized carbons (Fsp3) is 0.333. The van der Waals surface area contributed by atoms with E-state index in [-0.39, 0.29) is 24.4 Å². The zero-order valence-electron chi connectivity index (χ0n) is 17.3. The Kier molecular flexibility index (Phi) is 6.57. The Morgan fingerprint density at radius 1 is 1.23 bits per heavy atom. The molecule has 0 saturated heterocycles. The Morgan fingerprint density at radius 2 is 2.00 bits per heavy atom. The van der Waals surface area contributed by atoms with Crippen molar-refractivity contribution >= 4 is 5.91 Å². The van der Waals surface area contributed by atoms with Crippen molar-refractivity contribution in [1.29, 1.82) is 0 Å². The average molecular weight is 433 g/mol. The molecule has 0 aromatic carbocycles. The molecule has 0 radical (unpaired) electrons. The number of carbonyl (C=O) groups is 1. The first-order valence-corrected chi connectivity index (χ1v) is 9.61. The number of nitrogens with zero attached hydrogens (tertiary/aromatic N) is 5. The molecule has 0 aliphatic carbocycles. The molecular formula is C21H22F3N5O2. The summed E-state index contributed by atoms with van der Waals surface area (Å²) in [4.78, 5) is 22.7. The maximum atomic E-state index is 13.3. The van der Waals surface area contributed by atoms with E-state index in [0.717, 1.165) is 18.3 Å². The molecule has 0 bridgehead atoms. The molecule has 3 rings (SSSR count). The predicted octanol–water partition coefficient (Wildman–Crippen LogP) is 3.83. The molecule has 164 valence electrons. The van der Waals surface area contributed by atoms with E-state index in [0.29, 0.717) is 23.4 Å². The fourth-order valence-corrected chi connectivity index (χ4v) is 3.08. The van der Waals surface area contributed by atoms with E-state index >= 15 is 0 Å². The van der Waals surface area contributed by atoms with Gasteiger partial charge in [0.15, 0.2) is 0 Å². The zero-order chi connectivity index (χ0) is 22.6. The van der Waals surface area contributed by atoms with Crippen LogP contribution in [-0.2, 0) is 13.2 Å². The van der Waals surface area contributed by atoms with Crippen LogP contribution in [0, 0.1) is 0 Å². The Labute approximate surface area is 177 Å². The second-order valence-electron chi connectivity index (χ2n) is 6.93. The largest absolute Gasteiger partial charge is 0.475 e. The first-order valence-electron chi connectivity index (χ1n) is 9.61. The van der Waals surface area contributed by atoms with Crippen molar-refractivity contribution in [2.45, 2.75) is 26.1 Å². The van der Waals surface area contributed by atoms with Crippen LogP contribution < -0.4 is 4.74 Å². The van der Waals surface area contributed by atoms with E-state index in [4.69, 9.17) is 4.74 Å². The Morgan fingerprint density at radius 3 is 2.58 bits per heavy atom. The van der Waals surface area contributed by atoms with Gasteiger partial charge in [-0.05, 0) is 32.0 Å². The lowest BCUT2D eigenvalue weighted by Gasteiger charge is -2.28. The summed E-state index contributed by atoms with van der Waals surface area (Å²) >= 11 is 0. The third-order valence-corrected chi connectivity index (χ3v) is 4.71. The molecule has 3 aromatic rings. The maximum absolute atomic E-state index is 13.3. The lowest BCUT2D eigenvalue weighted by Crippen LogP contribution is -2.42.